The van der Waals surface area contributed by atoms with Crippen LogP contribution in [0.15, 0.2) is 84.9 Å². The maximum absolute atomic E-state index is 10.7. The molecule has 4 rings (SSSR count). The lowest BCUT2D eigenvalue weighted by molar-refractivity contribution is 0.159. The van der Waals surface area contributed by atoms with E-state index in [0.717, 1.165) is 49.4 Å². The number of halogens is 1. The lowest BCUT2D eigenvalue weighted by atomic mass is 9.63. The van der Waals surface area contributed by atoms with Crippen LogP contribution in [0.2, 0.25) is 5.02 Å². The van der Waals surface area contributed by atoms with E-state index in [1.54, 1.807) is 0 Å². The van der Waals surface area contributed by atoms with Crippen molar-refractivity contribution in [3.05, 3.63) is 107 Å². The van der Waals surface area contributed by atoms with E-state index in [1.807, 2.05) is 12.1 Å². The Morgan fingerprint density at radius 2 is 1.40 bits per heavy atom. The minimum absolute atomic E-state index is 0.346. The van der Waals surface area contributed by atoms with Crippen molar-refractivity contribution in [2.45, 2.75) is 76.4 Å². The lowest BCUT2D eigenvalue weighted by Gasteiger charge is -2.40. The van der Waals surface area contributed by atoms with Gasteiger partial charge in [-0.2, -0.15) is 5.26 Å². The van der Waals surface area contributed by atoms with Crippen molar-refractivity contribution in [3.8, 4) is 6.07 Å². The SMILES string of the molecule is CC(CCC(C#N)(c1ccc(Cl)cc1)C1CCCCC1)N(Cc1ccccc1)Cc1ccccc1. The Hall–Kier alpha value is -2.60. The van der Waals surface area contributed by atoms with Crippen molar-refractivity contribution in [2.75, 3.05) is 0 Å². The van der Waals surface area contributed by atoms with Gasteiger partial charge in [0.1, 0.15) is 0 Å². The summed E-state index contributed by atoms with van der Waals surface area (Å²) in [5, 5.41) is 11.4. The smallest absolute Gasteiger partial charge is 0.0851 e. The molecule has 1 aliphatic carbocycles. The van der Waals surface area contributed by atoms with Crippen LogP contribution in [0, 0.1) is 17.2 Å². The molecule has 0 aromatic heterocycles. The van der Waals surface area contributed by atoms with E-state index >= 15 is 0 Å². The second kappa shape index (κ2) is 12.4. The predicted octanol–water partition coefficient (Wildman–Crippen LogP) is 8.55. The van der Waals surface area contributed by atoms with Gasteiger partial charge in [-0.3, -0.25) is 4.90 Å². The third-order valence-corrected chi connectivity index (χ3v) is 8.15. The van der Waals surface area contributed by atoms with Gasteiger partial charge >= 0.3 is 0 Å². The van der Waals surface area contributed by atoms with Crippen LogP contribution in [0.1, 0.15) is 68.6 Å². The quantitative estimate of drug-likeness (QED) is 0.288. The van der Waals surface area contributed by atoms with E-state index in [1.165, 1.54) is 30.4 Å². The monoisotopic (exact) mass is 484 g/mol. The third kappa shape index (κ3) is 6.54. The molecule has 1 fully saturated rings. The average molecular weight is 485 g/mol. The number of nitrogens with zero attached hydrogens (tertiary/aromatic N) is 2. The summed E-state index contributed by atoms with van der Waals surface area (Å²) in [7, 11) is 0. The molecule has 3 aromatic rings. The molecule has 3 heteroatoms. The standard InChI is InChI=1S/C32H37ClN2/c1-26(35(23-27-11-5-2-6-12-27)24-28-13-7-3-8-14-28)21-22-32(25-34,29-15-9-4-10-16-29)30-17-19-31(33)20-18-30/h2-3,5-8,11-14,17-20,26,29H,4,9-10,15-16,21-24H2,1H3. The fourth-order valence-electron chi connectivity index (χ4n) is 5.76. The van der Waals surface area contributed by atoms with E-state index < -0.39 is 5.41 Å². The minimum atomic E-state index is -0.454. The molecule has 0 amide bonds. The minimum Gasteiger partial charge on any atom is -0.292 e. The Balaban J connectivity index is 1.57. The molecule has 1 saturated carbocycles. The molecule has 0 heterocycles. The molecule has 0 bridgehead atoms. The van der Waals surface area contributed by atoms with Gasteiger partial charge in [-0.15, -0.1) is 0 Å². The van der Waals surface area contributed by atoms with Gasteiger partial charge in [0.2, 0.25) is 0 Å². The molecular weight excluding hydrogens is 448 g/mol. The molecule has 0 spiro atoms. The first kappa shape index (κ1) is 25.5. The first-order chi connectivity index (χ1) is 17.1. The Bertz CT molecular complexity index is 1030. The Morgan fingerprint density at radius 3 is 1.91 bits per heavy atom. The van der Waals surface area contributed by atoms with Crippen LogP contribution in [-0.4, -0.2) is 10.9 Å². The molecule has 2 nitrogen and oxygen atoms in total. The van der Waals surface area contributed by atoms with Gasteiger partial charge in [-0.05, 0) is 67.3 Å². The van der Waals surface area contributed by atoms with Gasteiger partial charge in [0.15, 0.2) is 0 Å². The van der Waals surface area contributed by atoms with Gasteiger partial charge < -0.3 is 0 Å². The Morgan fingerprint density at radius 1 is 0.857 bits per heavy atom. The largest absolute Gasteiger partial charge is 0.292 e. The fourth-order valence-corrected chi connectivity index (χ4v) is 5.89. The zero-order valence-corrected chi connectivity index (χ0v) is 21.6. The van der Waals surface area contributed by atoms with Gasteiger partial charge in [0.05, 0.1) is 11.5 Å². The Labute approximate surface area is 216 Å². The van der Waals surface area contributed by atoms with Crippen LogP contribution in [0.5, 0.6) is 0 Å². The summed E-state index contributed by atoms with van der Waals surface area (Å²) in [5.74, 6) is 0.409. The molecule has 0 aliphatic heterocycles. The van der Waals surface area contributed by atoms with Crippen molar-refractivity contribution >= 4 is 11.6 Å². The highest BCUT2D eigenvalue weighted by Gasteiger charge is 2.41. The van der Waals surface area contributed by atoms with Crippen molar-refractivity contribution in [3.63, 3.8) is 0 Å². The molecule has 1 aliphatic rings. The summed E-state index contributed by atoms with van der Waals surface area (Å²) >= 11 is 6.22. The molecule has 0 N–H and O–H groups in total. The number of nitriles is 1. The van der Waals surface area contributed by atoms with Crippen LogP contribution in [0.3, 0.4) is 0 Å². The van der Waals surface area contributed by atoms with Gasteiger partial charge in [-0.25, -0.2) is 0 Å². The van der Waals surface area contributed by atoms with Crippen LogP contribution in [-0.2, 0) is 18.5 Å². The van der Waals surface area contributed by atoms with Crippen LogP contribution >= 0.6 is 11.6 Å². The summed E-state index contributed by atoms with van der Waals surface area (Å²) in [5.41, 5.74) is 3.34. The maximum atomic E-state index is 10.7. The molecule has 35 heavy (non-hydrogen) atoms. The first-order valence-corrected chi connectivity index (χ1v) is 13.5. The van der Waals surface area contributed by atoms with Crippen molar-refractivity contribution in [1.29, 1.82) is 5.26 Å². The van der Waals surface area contributed by atoms with Crippen molar-refractivity contribution in [1.82, 2.24) is 4.90 Å². The van der Waals surface area contributed by atoms with Crippen LogP contribution in [0.25, 0.3) is 0 Å². The third-order valence-electron chi connectivity index (χ3n) is 7.90. The highest BCUT2D eigenvalue weighted by molar-refractivity contribution is 6.30. The van der Waals surface area contributed by atoms with Gasteiger partial charge in [0.25, 0.3) is 0 Å². The Kier molecular flexibility index (Phi) is 9.02. The van der Waals surface area contributed by atoms with Crippen molar-refractivity contribution < 1.29 is 0 Å². The number of hydrogen-bond donors (Lipinski definition) is 0. The molecule has 3 aromatic carbocycles. The summed E-state index contributed by atoms with van der Waals surface area (Å²) in [6, 6.07) is 32.7. The lowest BCUT2D eigenvalue weighted by Crippen LogP contribution is -2.38. The zero-order valence-electron chi connectivity index (χ0n) is 20.9. The molecule has 0 saturated heterocycles. The molecule has 2 atom stereocenters. The number of benzene rings is 3. The topological polar surface area (TPSA) is 27.0 Å². The first-order valence-electron chi connectivity index (χ1n) is 13.1. The summed E-state index contributed by atoms with van der Waals surface area (Å²) in [6.07, 6.45) is 7.88. The molecule has 0 radical (unpaired) electrons. The van der Waals surface area contributed by atoms with Crippen LogP contribution < -0.4 is 0 Å². The molecule has 182 valence electrons. The predicted molar refractivity (Wildman–Crippen MR) is 146 cm³/mol. The number of rotatable bonds is 10. The molecule has 2 unspecified atom stereocenters. The second-order valence-electron chi connectivity index (χ2n) is 10.2. The van der Waals surface area contributed by atoms with E-state index in [2.05, 4.69) is 90.7 Å². The molecular formula is C32H37ClN2. The van der Waals surface area contributed by atoms with E-state index in [4.69, 9.17) is 11.6 Å². The van der Waals surface area contributed by atoms with E-state index in [9.17, 15) is 5.26 Å². The fraction of sp³-hybridized carbons (Fsp3) is 0.406. The number of hydrogen-bond acceptors (Lipinski definition) is 2. The zero-order chi connectivity index (χ0) is 24.5. The normalized spacial score (nSPS) is 17.0. The van der Waals surface area contributed by atoms with Crippen LogP contribution in [0.4, 0.5) is 0 Å². The highest BCUT2D eigenvalue weighted by Crippen LogP contribution is 2.44. The highest BCUT2D eigenvalue weighted by atomic mass is 35.5. The maximum Gasteiger partial charge on any atom is 0.0851 e. The summed E-state index contributed by atoms with van der Waals surface area (Å²) < 4.78 is 0. The average Bonchev–Trinajstić information content (AvgIpc) is 2.91. The van der Waals surface area contributed by atoms with E-state index in [0.29, 0.717) is 12.0 Å². The summed E-state index contributed by atoms with van der Waals surface area (Å²) in [6.45, 7) is 4.14. The van der Waals surface area contributed by atoms with Crippen molar-refractivity contribution in [2.24, 2.45) is 5.92 Å². The second-order valence-corrected chi connectivity index (χ2v) is 10.6. The van der Waals surface area contributed by atoms with E-state index in [-0.39, 0.29) is 0 Å². The van der Waals surface area contributed by atoms with Gasteiger partial charge in [0, 0.05) is 24.2 Å². The van der Waals surface area contributed by atoms with Gasteiger partial charge in [-0.1, -0.05) is 104 Å². The summed E-state index contributed by atoms with van der Waals surface area (Å²) in [4.78, 5) is 2.57.